The van der Waals surface area contributed by atoms with E-state index in [1.165, 1.54) is 0 Å². The summed E-state index contributed by atoms with van der Waals surface area (Å²) < 4.78 is 16.8. The molecule has 0 spiro atoms. The van der Waals surface area contributed by atoms with Gasteiger partial charge in [0, 0.05) is 12.0 Å². The van der Waals surface area contributed by atoms with Gasteiger partial charge in [-0.3, -0.25) is 4.79 Å². The average Bonchev–Trinajstić information content (AvgIpc) is 2.62. The molecular weight excluding hydrogens is 318 g/mol. The van der Waals surface area contributed by atoms with Gasteiger partial charge in [-0.25, -0.2) is 0 Å². The van der Waals surface area contributed by atoms with Crippen LogP contribution in [-0.4, -0.2) is 25.7 Å². The van der Waals surface area contributed by atoms with Crippen LogP contribution in [0.3, 0.4) is 0 Å². The SMILES string of the molecule is CCOc1ccccc1OCC(=O)NC1CCOc2ccc(C)cc21. The Morgan fingerprint density at radius 3 is 2.72 bits per heavy atom. The molecule has 1 aliphatic rings. The minimum Gasteiger partial charge on any atom is -0.493 e. The normalized spacial score (nSPS) is 15.7. The van der Waals surface area contributed by atoms with E-state index >= 15 is 0 Å². The molecule has 0 radical (unpaired) electrons. The van der Waals surface area contributed by atoms with Gasteiger partial charge in [-0.05, 0) is 32.0 Å². The summed E-state index contributed by atoms with van der Waals surface area (Å²) in [5, 5.41) is 3.04. The lowest BCUT2D eigenvalue weighted by molar-refractivity contribution is -0.124. The van der Waals surface area contributed by atoms with Crippen LogP contribution in [0.1, 0.15) is 30.5 Å². The Labute approximate surface area is 147 Å². The molecule has 5 nitrogen and oxygen atoms in total. The molecule has 0 aromatic heterocycles. The molecular formula is C20H23NO4. The standard InChI is InChI=1S/C20H23NO4/c1-3-23-18-6-4-5-7-19(18)25-13-20(22)21-16-10-11-24-17-9-8-14(2)12-15(16)17/h4-9,12,16H,3,10-11,13H2,1-2H3,(H,21,22). The number of ether oxygens (including phenoxy) is 3. The third kappa shape index (κ3) is 4.24. The van der Waals surface area contributed by atoms with Crippen molar-refractivity contribution >= 4 is 5.91 Å². The van der Waals surface area contributed by atoms with Crippen LogP contribution in [0.4, 0.5) is 0 Å². The van der Waals surface area contributed by atoms with Gasteiger partial charge >= 0.3 is 0 Å². The Bertz CT molecular complexity index is 744. The van der Waals surface area contributed by atoms with Gasteiger partial charge in [0.1, 0.15) is 5.75 Å². The highest BCUT2D eigenvalue weighted by atomic mass is 16.5. The molecule has 132 valence electrons. The number of carbonyl (C=O) groups is 1. The van der Waals surface area contributed by atoms with E-state index in [1.54, 1.807) is 6.07 Å². The number of nitrogens with one attached hydrogen (secondary N) is 1. The highest BCUT2D eigenvalue weighted by Crippen LogP contribution is 2.32. The molecule has 1 aliphatic heterocycles. The molecule has 1 atom stereocenters. The second-order valence-electron chi connectivity index (χ2n) is 5.97. The first-order chi connectivity index (χ1) is 12.2. The molecule has 2 aromatic rings. The first kappa shape index (κ1) is 17.1. The molecule has 3 rings (SSSR count). The predicted octanol–water partition coefficient (Wildman–Crippen LogP) is 3.41. The lowest BCUT2D eigenvalue weighted by Crippen LogP contribution is -2.35. The van der Waals surface area contributed by atoms with Crippen molar-refractivity contribution in [1.29, 1.82) is 0 Å². The van der Waals surface area contributed by atoms with Crippen molar-refractivity contribution in [2.75, 3.05) is 19.8 Å². The first-order valence-corrected chi connectivity index (χ1v) is 8.54. The predicted molar refractivity (Wildman–Crippen MR) is 95.3 cm³/mol. The van der Waals surface area contributed by atoms with Gasteiger partial charge in [-0.15, -0.1) is 0 Å². The minimum absolute atomic E-state index is 0.0530. The number of rotatable bonds is 6. The van der Waals surface area contributed by atoms with E-state index < -0.39 is 0 Å². The molecule has 0 saturated carbocycles. The average molecular weight is 341 g/mol. The Kier molecular flexibility index (Phi) is 5.43. The van der Waals surface area contributed by atoms with E-state index in [1.807, 2.05) is 44.2 Å². The number of para-hydroxylation sites is 2. The Morgan fingerprint density at radius 2 is 1.96 bits per heavy atom. The highest BCUT2D eigenvalue weighted by Gasteiger charge is 2.23. The number of hydrogen-bond donors (Lipinski definition) is 1. The summed E-state index contributed by atoms with van der Waals surface area (Å²) in [6.45, 7) is 5.03. The number of benzene rings is 2. The zero-order valence-corrected chi connectivity index (χ0v) is 14.6. The number of aryl methyl sites for hydroxylation is 1. The summed E-state index contributed by atoms with van der Waals surface area (Å²) in [4.78, 5) is 12.3. The number of amides is 1. The van der Waals surface area contributed by atoms with Crippen molar-refractivity contribution in [1.82, 2.24) is 5.32 Å². The summed E-state index contributed by atoms with van der Waals surface area (Å²) in [5.41, 5.74) is 2.17. The molecule has 1 N–H and O–H groups in total. The molecule has 5 heteroatoms. The molecule has 25 heavy (non-hydrogen) atoms. The van der Waals surface area contributed by atoms with E-state index in [0.29, 0.717) is 24.7 Å². The zero-order valence-electron chi connectivity index (χ0n) is 14.6. The fourth-order valence-corrected chi connectivity index (χ4v) is 2.89. The maximum absolute atomic E-state index is 12.3. The van der Waals surface area contributed by atoms with Crippen LogP contribution in [0.5, 0.6) is 17.2 Å². The quantitative estimate of drug-likeness (QED) is 0.875. The van der Waals surface area contributed by atoms with Crippen molar-refractivity contribution in [3.05, 3.63) is 53.6 Å². The molecule has 0 fully saturated rings. The molecule has 0 saturated heterocycles. The van der Waals surface area contributed by atoms with Gasteiger partial charge in [0.2, 0.25) is 0 Å². The van der Waals surface area contributed by atoms with Crippen LogP contribution in [0.15, 0.2) is 42.5 Å². The summed E-state index contributed by atoms with van der Waals surface area (Å²) in [7, 11) is 0. The van der Waals surface area contributed by atoms with Crippen molar-refractivity contribution in [3.8, 4) is 17.2 Å². The molecule has 1 unspecified atom stereocenters. The third-order valence-corrected chi connectivity index (χ3v) is 4.05. The van der Waals surface area contributed by atoms with Crippen molar-refractivity contribution < 1.29 is 19.0 Å². The fourth-order valence-electron chi connectivity index (χ4n) is 2.89. The highest BCUT2D eigenvalue weighted by molar-refractivity contribution is 5.78. The smallest absolute Gasteiger partial charge is 0.258 e. The van der Waals surface area contributed by atoms with Gasteiger partial charge < -0.3 is 19.5 Å². The number of fused-ring (bicyclic) bond motifs is 1. The zero-order chi connectivity index (χ0) is 17.6. The van der Waals surface area contributed by atoms with Crippen molar-refractivity contribution in [2.24, 2.45) is 0 Å². The van der Waals surface area contributed by atoms with E-state index in [4.69, 9.17) is 14.2 Å². The van der Waals surface area contributed by atoms with E-state index in [9.17, 15) is 4.79 Å². The molecule has 0 aliphatic carbocycles. The van der Waals surface area contributed by atoms with Crippen LogP contribution < -0.4 is 19.5 Å². The fraction of sp³-hybridized carbons (Fsp3) is 0.350. The van der Waals surface area contributed by atoms with E-state index in [-0.39, 0.29) is 18.6 Å². The van der Waals surface area contributed by atoms with Gasteiger partial charge in [-0.1, -0.05) is 29.8 Å². The summed E-state index contributed by atoms with van der Waals surface area (Å²) in [6.07, 6.45) is 0.748. The number of hydrogen-bond acceptors (Lipinski definition) is 4. The monoisotopic (exact) mass is 341 g/mol. The third-order valence-electron chi connectivity index (χ3n) is 4.05. The van der Waals surface area contributed by atoms with Gasteiger partial charge in [-0.2, -0.15) is 0 Å². The Balaban J connectivity index is 1.62. The molecule has 0 bridgehead atoms. The summed E-state index contributed by atoms with van der Waals surface area (Å²) in [6, 6.07) is 13.3. The number of carbonyl (C=O) groups excluding carboxylic acids is 1. The maximum Gasteiger partial charge on any atom is 0.258 e. The Hall–Kier alpha value is -2.69. The summed E-state index contributed by atoms with van der Waals surface area (Å²) >= 11 is 0. The molecule has 2 aromatic carbocycles. The molecule has 1 heterocycles. The Morgan fingerprint density at radius 1 is 1.20 bits per heavy atom. The molecule has 1 amide bonds. The van der Waals surface area contributed by atoms with Crippen molar-refractivity contribution in [2.45, 2.75) is 26.3 Å². The van der Waals surface area contributed by atoms with Gasteiger partial charge in [0.05, 0.1) is 19.3 Å². The van der Waals surface area contributed by atoms with Crippen LogP contribution >= 0.6 is 0 Å². The lowest BCUT2D eigenvalue weighted by atomic mass is 9.98. The second-order valence-corrected chi connectivity index (χ2v) is 5.97. The maximum atomic E-state index is 12.3. The van der Waals surface area contributed by atoms with Crippen LogP contribution in [0.25, 0.3) is 0 Å². The second kappa shape index (κ2) is 7.92. The van der Waals surface area contributed by atoms with Crippen LogP contribution in [0, 0.1) is 6.92 Å². The van der Waals surface area contributed by atoms with Crippen LogP contribution in [0.2, 0.25) is 0 Å². The largest absolute Gasteiger partial charge is 0.493 e. The van der Waals surface area contributed by atoms with E-state index in [2.05, 4.69) is 11.4 Å². The van der Waals surface area contributed by atoms with Crippen LogP contribution in [-0.2, 0) is 4.79 Å². The minimum atomic E-state index is -0.161. The van der Waals surface area contributed by atoms with Crippen molar-refractivity contribution in [3.63, 3.8) is 0 Å². The van der Waals surface area contributed by atoms with Gasteiger partial charge in [0.15, 0.2) is 18.1 Å². The first-order valence-electron chi connectivity index (χ1n) is 8.54. The topological polar surface area (TPSA) is 56.8 Å². The summed E-state index contributed by atoms with van der Waals surface area (Å²) in [5.74, 6) is 1.89. The van der Waals surface area contributed by atoms with Gasteiger partial charge in [0.25, 0.3) is 5.91 Å². The van der Waals surface area contributed by atoms with E-state index in [0.717, 1.165) is 23.3 Å². The lowest BCUT2D eigenvalue weighted by Gasteiger charge is -2.27.